The standard InChI is InChI=1S/C14H15FN2OS/c1-9(14-16-6-7-19-14)8-17-12-5-3-4-11(15)13(12)10(2)18/h3-7,9,17H,8H2,1-2H3/t9-/m1/s1. The van der Waals surface area contributed by atoms with Gasteiger partial charge in [0, 0.05) is 29.7 Å². The SMILES string of the molecule is CC(=O)c1c(F)cccc1NC[C@@H](C)c1nccs1. The molecule has 0 aliphatic rings. The van der Waals surface area contributed by atoms with Crippen molar-refractivity contribution in [3.63, 3.8) is 0 Å². The quantitative estimate of drug-likeness (QED) is 0.848. The number of nitrogens with one attached hydrogen (secondary N) is 1. The third-order valence-electron chi connectivity index (χ3n) is 2.84. The summed E-state index contributed by atoms with van der Waals surface area (Å²) < 4.78 is 13.6. The van der Waals surface area contributed by atoms with Crippen molar-refractivity contribution in [2.24, 2.45) is 0 Å². The van der Waals surface area contributed by atoms with E-state index in [-0.39, 0.29) is 17.3 Å². The number of aromatic nitrogens is 1. The smallest absolute Gasteiger partial charge is 0.164 e. The number of rotatable bonds is 5. The molecule has 1 aromatic heterocycles. The number of hydrogen-bond acceptors (Lipinski definition) is 4. The van der Waals surface area contributed by atoms with Crippen LogP contribution in [-0.4, -0.2) is 17.3 Å². The van der Waals surface area contributed by atoms with Crippen LogP contribution in [0.1, 0.15) is 35.1 Å². The van der Waals surface area contributed by atoms with E-state index in [1.54, 1.807) is 29.7 Å². The first-order valence-electron chi connectivity index (χ1n) is 6.02. The Bertz CT molecular complexity index is 569. The maximum absolute atomic E-state index is 13.6. The zero-order valence-electron chi connectivity index (χ0n) is 10.8. The first-order valence-corrected chi connectivity index (χ1v) is 6.90. The lowest BCUT2D eigenvalue weighted by Gasteiger charge is -2.14. The third-order valence-corrected chi connectivity index (χ3v) is 3.84. The number of thiazole rings is 1. The lowest BCUT2D eigenvalue weighted by atomic mass is 10.1. The van der Waals surface area contributed by atoms with Crippen LogP contribution in [0.5, 0.6) is 0 Å². The Morgan fingerprint density at radius 2 is 2.32 bits per heavy atom. The lowest BCUT2D eigenvalue weighted by molar-refractivity contribution is 0.101. The van der Waals surface area contributed by atoms with Crippen molar-refractivity contribution < 1.29 is 9.18 Å². The summed E-state index contributed by atoms with van der Waals surface area (Å²) in [5.41, 5.74) is 0.657. The molecule has 0 radical (unpaired) electrons. The van der Waals surface area contributed by atoms with Gasteiger partial charge in [-0.15, -0.1) is 11.3 Å². The molecule has 3 nitrogen and oxygen atoms in total. The summed E-state index contributed by atoms with van der Waals surface area (Å²) in [6, 6.07) is 4.61. The molecule has 1 N–H and O–H groups in total. The van der Waals surface area contributed by atoms with Gasteiger partial charge in [-0.3, -0.25) is 4.79 Å². The van der Waals surface area contributed by atoms with Crippen LogP contribution in [0.15, 0.2) is 29.8 Å². The Labute approximate surface area is 115 Å². The average Bonchev–Trinajstić information content (AvgIpc) is 2.89. The first kappa shape index (κ1) is 13.7. The Hall–Kier alpha value is -1.75. The molecule has 19 heavy (non-hydrogen) atoms. The van der Waals surface area contributed by atoms with Gasteiger partial charge in [0.15, 0.2) is 5.78 Å². The molecule has 0 bridgehead atoms. The average molecular weight is 278 g/mol. The number of ketones is 1. The molecule has 0 aliphatic carbocycles. The van der Waals surface area contributed by atoms with E-state index < -0.39 is 5.82 Å². The highest BCUT2D eigenvalue weighted by molar-refractivity contribution is 7.09. The normalized spacial score (nSPS) is 12.2. The molecule has 1 heterocycles. The van der Waals surface area contributed by atoms with Gasteiger partial charge in [-0.1, -0.05) is 13.0 Å². The van der Waals surface area contributed by atoms with E-state index >= 15 is 0 Å². The van der Waals surface area contributed by atoms with Crippen LogP contribution in [0.4, 0.5) is 10.1 Å². The van der Waals surface area contributed by atoms with E-state index in [9.17, 15) is 9.18 Å². The Balaban J connectivity index is 2.12. The minimum Gasteiger partial charge on any atom is -0.384 e. The molecule has 0 aliphatic heterocycles. The number of nitrogens with zero attached hydrogens (tertiary/aromatic N) is 1. The van der Waals surface area contributed by atoms with E-state index in [1.807, 2.05) is 12.3 Å². The number of Topliss-reactive ketones (excluding diaryl/α,β-unsaturated/α-hetero) is 1. The van der Waals surface area contributed by atoms with Gasteiger partial charge in [-0.2, -0.15) is 0 Å². The molecule has 0 saturated heterocycles. The Kier molecular flexibility index (Phi) is 4.27. The largest absolute Gasteiger partial charge is 0.384 e. The zero-order chi connectivity index (χ0) is 13.8. The van der Waals surface area contributed by atoms with Crippen molar-refractivity contribution in [1.82, 2.24) is 4.98 Å². The summed E-state index contributed by atoms with van der Waals surface area (Å²) in [6.07, 6.45) is 1.76. The van der Waals surface area contributed by atoms with Crippen LogP contribution in [-0.2, 0) is 0 Å². The second kappa shape index (κ2) is 5.93. The summed E-state index contributed by atoms with van der Waals surface area (Å²) in [5, 5.41) is 6.08. The highest BCUT2D eigenvalue weighted by Gasteiger charge is 2.14. The van der Waals surface area contributed by atoms with Gasteiger partial charge >= 0.3 is 0 Å². The molecular weight excluding hydrogens is 263 g/mol. The van der Waals surface area contributed by atoms with Crippen LogP contribution in [0.2, 0.25) is 0 Å². The minimum absolute atomic E-state index is 0.119. The van der Waals surface area contributed by atoms with Crippen molar-refractivity contribution in [2.45, 2.75) is 19.8 Å². The summed E-state index contributed by atoms with van der Waals surface area (Å²) in [5.74, 6) is -0.551. The van der Waals surface area contributed by atoms with Crippen molar-refractivity contribution in [3.05, 3.63) is 46.2 Å². The van der Waals surface area contributed by atoms with E-state index in [2.05, 4.69) is 10.3 Å². The molecule has 0 saturated carbocycles. The summed E-state index contributed by atoms with van der Waals surface area (Å²) in [7, 11) is 0. The van der Waals surface area contributed by atoms with E-state index in [0.29, 0.717) is 12.2 Å². The molecule has 0 amide bonds. The van der Waals surface area contributed by atoms with Crippen molar-refractivity contribution in [2.75, 3.05) is 11.9 Å². The highest BCUT2D eigenvalue weighted by atomic mass is 32.1. The van der Waals surface area contributed by atoms with Gasteiger partial charge in [-0.25, -0.2) is 9.37 Å². The highest BCUT2D eigenvalue weighted by Crippen LogP contribution is 2.22. The number of benzene rings is 1. The van der Waals surface area contributed by atoms with Gasteiger partial charge in [-0.05, 0) is 19.1 Å². The van der Waals surface area contributed by atoms with Crippen molar-refractivity contribution >= 4 is 22.8 Å². The molecule has 1 atom stereocenters. The predicted octanol–water partition coefficient (Wildman–Crippen LogP) is 3.70. The molecule has 0 spiro atoms. The number of carbonyl (C=O) groups excluding carboxylic acids is 1. The summed E-state index contributed by atoms with van der Waals surface area (Å²) in [6.45, 7) is 4.02. The fraction of sp³-hybridized carbons (Fsp3) is 0.286. The van der Waals surface area contributed by atoms with Crippen LogP contribution >= 0.6 is 11.3 Å². The van der Waals surface area contributed by atoms with Gasteiger partial charge in [0.1, 0.15) is 5.82 Å². The number of carbonyl (C=O) groups is 1. The minimum atomic E-state index is -0.487. The Morgan fingerprint density at radius 3 is 2.95 bits per heavy atom. The third kappa shape index (κ3) is 3.17. The van der Waals surface area contributed by atoms with E-state index in [1.165, 1.54) is 13.0 Å². The molecule has 2 rings (SSSR count). The van der Waals surface area contributed by atoms with Crippen molar-refractivity contribution in [3.8, 4) is 0 Å². The molecule has 2 aromatic rings. The summed E-state index contributed by atoms with van der Waals surface area (Å²) in [4.78, 5) is 15.7. The number of hydrogen-bond donors (Lipinski definition) is 1. The van der Waals surface area contributed by atoms with Crippen molar-refractivity contribution in [1.29, 1.82) is 0 Å². The number of halogens is 1. The molecule has 0 unspecified atom stereocenters. The summed E-state index contributed by atoms with van der Waals surface area (Å²) >= 11 is 1.59. The Morgan fingerprint density at radius 1 is 1.53 bits per heavy atom. The second-order valence-corrected chi connectivity index (χ2v) is 5.30. The zero-order valence-corrected chi connectivity index (χ0v) is 11.6. The molecule has 5 heteroatoms. The first-order chi connectivity index (χ1) is 9.09. The van der Waals surface area contributed by atoms with Crippen LogP contribution < -0.4 is 5.32 Å². The lowest BCUT2D eigenvalue weighted by Crippen LogP contribution is -2.13. The topological polar surface area (TPSA) is 42.0 Å². The van der Waals surface area contributed by atoms with Gasteiger partial charge < -0.3 is 5.32 Å². The molecule has 0 fully saturated rings. The maximum atomic E-state index is 13.6. The van der Waals surface area contributed by atoms with E-state index in [4.69, 9.17) is 0 Å². The predicted molar refractivity (Wildman–Crippen MR) is 75.4 cm³/mol. The molecule has 1 aromatic carbocycles. The van der Waals surface area contributed by atoms with Crippen LogP contribution in [0.25, 0.3) is 0 Å². The van der Waals surface area contributed by atoms with Gasteiger partial charge in [0.25, 0.3) is 0 Å². The van der Waals surface area contributed by atoms with Gasteiger partial charge in [0.2, 0.25) is 0 Å². The van der Waals surface area contributed by atoms with Crippen LogP contribution in [0, 0.1) is 5.82 Å². The molecular formula is C14H15FN2OS. The number of anilines is 1. The van der Waals surface area contributed by atoms with E-state index in [0.717, 1.165) is 5.01 Å². The van der Waals surface area contributed by atoms with Crippen LogP contribution in [0.3, 0.4) is 0 Å². The fourth-order valence-electron chi connectivity index (χ4n) is 1.86. The van der Waals surface area contributed by atoms with Gasteiger partial charge in [0.05, 0.1) is 10.6 Å². The molecule has 100 valence electrons. The maximum Gasteiger partial charge on any atom is 0.164 e. The monoisotopic (exact) mass is 278 g/mol. The second-order valence-electron chi connectivity index (χ2n) is 4.37. The fourth-order valence-corrected chi connectivity index (χ4v) is 2.56.